The summed E-state index contributed by atoms with van der Waals surface area (Å²) < 4.78 is 0. The number of carbonyl (C=O) groups is 1. The summed E-state index contributed by atoms with van der Waals surface area (Å²) in [5, 5.41) is 3.00. The summed E-state index contributed by atoms with van der Waals surface area (Å²) in [6, 6.07) is 0.133. The second-order valence-corrected chi connectivity index (χ2v) is 3.32. The third-order valence-corrected chi connectivity index (χ3v) is 1.78. The summed E-state index contributed by atoms with van der Waals surface area (Å²) in [5.74, 6) is 4.97. The molecule has 2 atom stereocenters. The average molecular weight is 158 g/mol. The molecule has 0 saturated carbocycles. The van der Waals surface area contributed by atoms with E-state index < -0.39 is 0 Å². The number of nitrogens with two attached hydrogens (primary N) is 1. The molecule has 1 rings (SSSR count). The lowest BCUT2D eigenvalue weighted by molar-refractivity contribution is -0.143. The smallest absolute Gasteiger partial charge is 0.343 e. The van der Waals surface area contributed by atoms with Gasteiger partial charge in [0.1, 0.15) is 6.04 Å². The lowest BCUT2D eigenvalue weighted by atomic mass is 10.1. The number of nitrogens with one attached hydrogen (secondary N) is 1. The van der Waals surface area contributed by atoms with Crippen LogP contribution in [0.5, 0.6) is 0 Å². The van der Waals surface area contributed by atoms with E-state index in [1.807, 2.05) is 0 Å². The third kappa shape index (κ3) is 2.17. The number of hydrogen-bond donors (Lipinski definition) is 2. The van der Waals surface area contributed by atoms with Gasteiger partial charge in [-0.2, -0.15) is 5.90 Å². The molecule has 0 bridgehead atoms. The van der Waals surface area contributed by atoms with Crippen LogP contribution in [0.3, 0.4) is 0 Å². The fraction of sp³-hybridized carbons (Fsp3) is 0.857. The van der Waals surface area contributed by atoms with Crippen molar-refractivity contribution in [3.05, 3.63) is 0 Å². The van der Waals surface area contributed by atoms with Crippen molar-refractivity contribution >= 4 is 5.97 Å². The third-order valence-electron chi connectivity index (χ3n) is 1.78. The van der Waals surface area contributed by atoms with Gasteiger partial charge in [0.05, 0.1) is 0 Å². The first-order valence-corrected chi connectivity index (χ1v) is 3.81. The van der Waals surface area contributed by atoms with Crippen LogP contribution < -0.4 is 11.2 Å². The van der Waals surface area contributed by atoms with E-state index in [1.165, 1.54) is 0 Å². The van der Waals surface area contributed by atoms with Crippen molar-refractivity contribution in [1.82, 2.24) is 5.32 Å². The highest BCUT2D eigenvalue weighted by Gasteiger charge is 2.43. The summed E-state index contributed by atoms with van der Waals surface area (Å²) in [6.07, 6.45) is 1.000. The molecule has 0 radical (unpaired) electrons. The summed E-state index contributed by atoms with van der Waals surface area (Å²) in [4.78, 5) is 14.8. The zero-order valence-electron chi connectivity index (χ0n) is 6.83. The van der Waals surface area contributed by atoms with Crippen LogP contribution in [0.15, 0.2) is 0 Å². The molecule has 0 spiro atoms. The highest BCUT2D eigenvalue weighted by atomic mass is 16.7. The average Bonchev–Trinajstić information content (AvgIpc) is 2.65. The molecule has 1 saturated heterocycles. The van der Waals surface area contributed by atoms with Crippen molar-refractivity contribution in [2.75, 3.05) is 0 Å². The van der Waals surface area contributed by atoms with Crippen molar-refractivity contribution in [2.24, 2.45) is 11.8 Å². The summed E-state index contributed by atoms with van der Waals surface area (Å²) in [5.41, 5.74) is 0. The monoisotopic (exact) mass is 158 g/mol. The minimum Gasteiger partial charge on any atom is -0.372 e. The second-order valence-electron chi connectivity index (χ2n) is 3.32. The van der Waals surface area contributed by atoms with Gasteiger partial charge in [-0.1, -0.05) is 13.8 Å². The van der Waals surface area contributed by atoms with Gasteiger partial charge in [-0.25, -0.2) is 4.79 Å². The maximum Gasteiger partial charge on any atom is 0.343 e. The van der Waals surface area contributed by atoms with Crippen molar-refractivity contribution in [1.29, 1.82) is 0 Å². The zero-order chi connectivity index (χ0) is 8.43. The molecule has 4 nitrogen and oxygen atoms in total. The molecule has 11 heavy (non-hydrogen) atoms. The van der Waals surface area contributed by atoms with Gasteiger partial charge in [0, 0.05) is 6.04 Å². The quantitative estimate of drug-likeness (QED) is 0.440. The molecular weight excluding hydrogens is 144 g/mol. The Bertz CT molecular complexity index is 159. The Kier molecular flexibility index (Phi) is 2.46. The standard InChI is InChI=1S/C7H14N2O2/c1-4(2)3-5-6(9-5)7(10)11-8/h4-6,9H,3,8H2,1-2H3. The summed E-state index contributed by atoms with van der Waals surface area (Å²) in [7, 11) is 0. The van der Waals surface area contributed by atoms with Crippen molar-refractivity contribution in [3.8, 4) is 0 Å². The van der Waals surface area contributed by atoms with E-state index in [9.17, 15) is 4.79 Å². The first-order chi connectivity index (χ1) is 5.15. The molecule has 1 aliphatic rings. The number of carbonyl (C=O) groups excluding carboxylic acids is 1. The summed E-state index contributed by atoms with van der Waals surface area (Å²) >= 11 is 0. The van der Waals surface area contributed by atoms with Gasteiger partial charge in [-0.05, 0) is 12.3 Å². The second kappa shape index (κ2) is 3.19. The zero-order valence-corrected chi connectivity index (χ0v) is 6.83. The molecule has 4 heteroatoms. The van der Waals surface area contributed by atoms with Gasteiger partial charge < -0.3 is 4.84 Å². The molecule has 0 amide bonds. The molecule has 1 fully saturated rings. The Morgan fingerprint density at radius 1 is 1.73 bits per heavy atom. The van der Waals surface area contributed by atoms with Crippen molar-refractivity contribution < 1.29 is 9.63 Å². The molecule has 0 aromatic heterocycles. The molecule has 2 unspecified atom stereocenters. The largest absolute Gasteiger partial charge is 0.372 e. The molecule has 0 aliphatic carbocycles. The van der Waals surface area contributed by atoms with E-state index in [0.29, 0.717) is 5.92 Å². The molecule has 1 aliphatic heterocycles. The van der Waals surface area contributed by atoms with Crippen LogP contribution >= 0.6 is 0 Å². The van der Waals surface area contributed by atoms with Gasteiger partial charge in [0.2, 0.25) is 0 Å². The van der Waals surface area contributed by atoms with Crippen molar-refractivity contribution in [2.45, 2.75) is 32.4 Å². The number of hydrogen-bond acceptors (Lipinski definition) is 4. The minimum atomic E-state index is -0.351. The van der Waals surface area contributed by atoms with Crippen LogP contribution in [-0.2, 0) is 9.63 Å². The predicted molar refractivity (Wildman–Crippen MR) is 40.4 cm³/mol. The Labute approximate surface area is 66.0 Å². The maximum atomic E-state index is 10.8. The molecule has 1 heterocycles. The Morgan fingerprint density at radius 3 is 2.82 bits per heavy atom. The SMILES string of the molecule is CC(C)CC1NC1C(=O)ON. The fourth-order valence-corrected chi connectivity index (χ4v) is 1.19. The van der Waals surface area contributed by atoms with Gasteiger partial charge in [0.15, 0.2) is 0 Å². The first-order valence-electron chi connectivity index (χ1n) is 3.81. The topological polar surface area (TPSA) is 74.3 Å². The van der Waals surface area contributed by atoms with Crippen LogP contribution in [0.2, 0.25) is 0 Å². The fourth-order valence-electron chi connectivity index (χ4n) is 1.19. The van der Waals surface area contributed by atoms with Crippen molar-refractivity contribution in [3.63, 3.8) is 0 Å². The Hall–Kier alpha value is -0.610. The molecular formula is C7H14N2O2. The highest BCUT2D eigenvalue weighted by molar-refractivity contribution is 5.79. The lowest BCUT2D eigenvalue weighted by Gasteiger charge is -1.99. The highest BCUT2D eigenvalue weighted by Crippen LogP contribution is 2.19. The normalized spacial score (nSPS) is 28.7. The predicted octanol–water partition coefficient (Wildman–Crippen LogP) is -0.210. The van der Waals surface area contributed by atoms with E-state index in [-0.39, 0.29) is 18.1 Å². The Balaban J connectivity index is 2.21. The van der Waals surface area contributed by atoms with Crippen LogP contribution in [0.4, 0.5) is 0 Å². The van der Waals surface area contributed by atoms with Crippen LogP contribution in [0.25, 0.3) is 0 Å². The van der Waals surface area contributed by atoms with E-state index in [0.717, 1.165) is 6.42 Å². The Morgan fingerprint density at radius 2 is 2.36 bits per heavy atom. The molecule has 0 aromatic carbocycles. The molecule has 3 N–H and O–H groups in total. The van der Waals surface area contributed by atoms with E-state index in [1.54, 1.807) is 0 Å². The van der Waals surface area contributed by atoms with Gasteiger partial charge in [0.25, 0.3) is 0 Å². The maximum absolute atomic E-state index is 10.8. The van der Waals surface area contributed by atoms with E-state index in [2.05, 4.69) is 24.0 Å². The van der Waals surface area contributed by atoms with Gasteiger partial charge in [-0.3, -0.25) is 5.32 Å². The molecule has 0 aromatic rings. The van der Waals surface area contributed by atoms with Crippen LogP contribution in [0, 0.1) is 5.92 Å². The van der Waals surface area contributed by atoms with E-state index in [4.69, 9.17) is 5.90 Å². The first kappa shape index (κ1) is 8.49. The van der Waals surface area contributed by atoms with Gasteiger partial charge >= 0.3 is 5.97 Å². The number of rotatable bonds is 3. The van der Waals surface area contributed by atoms with Gasteiger partial charge in [-0.15, -0.1) is 0 Å². The van der Waals surface area contributed by atoms with Crippen LogP contribution in [-0.4, -0.2) is 18.1 Å². The lowest BCUT2D eigenvalue weighted by Crippen LogP contribution is -2.19. The summed E-state index contributed by atoms with van der Waals surface area (Å²) in [6.45, 7) is 4.23. The van der Waals surface area contributed by atoms with Crippen LogP contribution in [0.1, 0.15) is 20.3 Å². The van der Waals surface area contributed by atoms with E-state index >= 15 is 0 Å². The molecule has 64 valence electrons. The minimum absolute atomic E-state index is 0.151.